The van der Waals surface area contributed by atoms with Crippen LogP contribution in [0, 0.1) is 13.8 Å². The molecule has 0 atom stereocenters. The molecular formula is C11H17NO. The van der Waals surface area contributed by atoms with Crippen molar-refractivity contribution in [2.45, 2.75) is 20.3 Å². The summed E-state index contributed by atoms with van der Waals surface area (Å²) in [6.45, 7) is 5.12. The summed E-state index contributed by atoms with van der Waals surface area (Å²) in [4.78, 5) is 0. The zero-order valence-corrected chi connectivity index (χ0v) is 8.30. The minimum Gasteiger partial charge on any atom is -0.381 e. The number of hydrogen-bond donors (Lipinski definition) is 2. The Hall–Kier alpha value is -0.860. The predicted octanol–water partition coefficient (Wildman–Crippen LogP) is 1.39. The van der Waals surface area contributed by atoms with Crippen LogP contribution in [0.15, 0.2) is 18.2 Å². The normalized spacial score (nSPS) is 10.4. The lowest BCUT2D eigenvalue weighted by molar-refractivity contribution is 0.262. The van der Waals surface area contributed by atoms with Crippen molar-refractivity contribution in [2.24, 2.45) is 0 Å². The molecule has 1 aromatic carbocycles. The smallest absolute Gasteiger partial charge is 0.0931 e. The molecule has 0 bridgehead atoms. The number of aliphatic hydroxyl groups is 1. The highest BCUT2D eigenvalue weighted by Gasteiger charge is 1.97. The van der Waals surface area contributed by atoms with Crippen molar-refractivity contribution in [2.75, 3.05) is 13.3 Å². The van der Waals surface area contributed by atoms with Gasteiger partial charge in [-0.15, -0.1) is 0 Å². The number of aryl methyl sites for hydroxylation is 2. The highest BCUT2D eigenvalue weighted by atomic mass is 16.3. The minimum atomic E-state index is 0.0604. The average Bonchev–Trinajstić information content (AvgIpc) is 2.09. The van der Waals surface area contributed by atoms with Gasteiger partial charge < -0.3 is 5.11 Å². The lowest BCUT2D eigenvalue weighted by atomic mass is 10.0. The van der Waals surface area contributed by atoms with Crippen LogP contribution in [0.1, 0.15) is 16.7 Å². The van der Waals surface area contributed by atoms with E-state index in [1.54, 1.807) is 0 Å². The fourth-order valence-corrected chi connectivity index (χ4v) is 1.43. The van der Waals surface area contributed by atoms with Gasteiger partial charge in [-0.25, -0.2) is 0 Å². The molecule has 0 aliphatic heterocycles. The molecule has 0 saturated carbocycles. The molecule has 1 aromatic rings. The first-order valence-electron chi connectivity index (χ1n) is 4.61. The van der Waals surface area contributed by atoms with Crippen LogP contribution in [0.3, 0.4) is 0 Å². The van der Waals surface area contributed by atoms with Crippen LogP contribution in [0.2, 0.25) is 0 Å². The Morgan fingerprint density at radius 3 is 2.69 bits per heavy atom. The topological polar surface area (TPSA) is 32.3 Å². The van der Waals surface area contributed by atoms with Gasteiger partial charge in [-0.2, -0.15) is 0 Å². The molecule has 1 rings (SSSR count). The van der Waals surface area contributed by atoms with Crippen LogP contribution in [0.4, 0.5) is 0 Å². The highest BCUT2D eigenvalue weighted by Crippen LogP contribution is 2.10. The Labute approximate surface area is 79.6 Å². The van der Waals surface area contributed by atoms with Gasteiger partial charge in [0.25, 0.3) is 0 Å². The Kier molecular flexibility index (Phi) is 3.93. The van der Waals surface area contributed by atoms with Crippen molar-refractivity contribution < 1.29 is 5.11 Å². The van der Waals surface area contributed by atoms with Gasteiger partial charge in [-0.05, 0) is 31.4 Å². The van der Waals surface area contributed by atoms with Crippen LogP contribution in [0.25, 0.3) is 0 Å². The molecule has 0 aliphatic rings. The number of benzene rings is 1. The van der Waals surface area contributed by atoms with E-state index in [1.165, 1.54) is 16.7 Å². The summed E-state index contributed by atoms with van der Waals surface area (Å²) >= 11 is 0. The summed E-state index contributed by atoms with van der Waals surface area (Å²) < 4.78 is 0. The summed E-state index contributed by atoms with van der Waals surface area (Å²) in [5.41, 5.74) is 3.99. The van der Waals surface area contributed by atoms with Crippen molar-refractivity contribution in [1.82, 2.24) is 5.32 Å². The summed E-state index contributed by atoms with van der Waals surface area (Å²) in [5, 5.41) is 11.4. The SMILES string of the molecule is Cc1ccc(CCNCO)c(C)c1. The summed E-state index contributed by atoms with van der Waals surface area (Å²) in [6.07, 6.45) is 0.979. The average molecular weight is 179 g/mol. The van der Waals surface area contributed by atoms with E-state index >= 15 is 0 Å². The second kappa shape index (κ2) is 5.00. The molecule has 0 fully saturated rings. The quantitative estimate of drug-likeness (QED) is 0.540. The van der Waals surface area contributed by atoms with E-state index in [9.17, 15) is 0 Å². The van der Waals surface area contributed by atoms with E-state index in [4.69, 9.17) is 5.11 Å². The standard InChI is InChI=1S/C11H17NO/c1-9-3-4-11(10(2)7-9)5-6-12-8-13/h3-4,7,12-13H,5-6,8H2,1-2H3. The Morgan fingerprint density at radius 2 is 2.08 bits per heavy atom. The molecule has 0 heterocycles. The molecule has 2 nitrogen and oxygen atoms in total. The number of aliphatic hydroxyl groups excluding tert-OH is 1. The molecule has 72 valence electrons. The van der Waals surface area contributed by atoms with E-state index in [0.29, 0.717) is 0 Å². The molecule has 13 heavy (non-hydrogen) atoms. The second-order valence-corrected chi connectivity index (χ2v) is 3.34. The van der Waals surface area contributed by atoms with Crippen molar-refractivity contribution in [3.8, 4) is 0 Å². The van der Waals surface area contributed by atoms with Crippen molar-refractivity contribution >= 4 is 0 Å². The molecular weight excluding hydrogens is 162 g/mol. The molecule has 0 aromatic heterocycles. The maximum absolute atomic E-state index is 8.55. The Balaban J connectivity index is 2.56. The van der Waals surface area contributed by atoms with E-state index in [2.05, 4.69) is 37.4 Å². The second-order valence-electron chi connectivity index (χ2n) is 3.34. The first-order valence-corrected chi connectivity index (χ1v) is 4.61. The fourth-order valence-electron chi connectivity index (χ4n) is 1.43. The van der Waals surface area contributed by atoms with Gasteiger partial charge in [0.1, 0.15) is 0 Å². The molecule has 2 heteroatoms. The lowest BCUT2D eigenvalue weighted by Gasteiger charge is -2.06. The third kappa shape index (κ3) is 3.17. The van der Waals surface area contributed by atoms with Gasteiger partial charge in [0, 0.05) is 6.54 Å². The molecule has 0 amide bonds. The monoisotopic (exact) mass is 179 g/mol. The van der Waals surface area contributed by atoms with Gasteiger partial charge in [0.05, 0.1) is 6.73 Å². The Bertz CT molecular complexity index is 271. The van der Waals surface area contributed by atoms with Gasteiger partial charge in [0.15, 0.2) is 0 Å². The molecule has 0 saturated heterocycles. The van der Waals surface area contributed by atoms with Crippen molar-refractivity contribution in [3.05, 3.63) is 34.9 Å². The summed E-state index contributed by atoms with van der Waals surface area (Å²) in [5.74, 6) is 0. The first-order chi connectivity index (χ1) is 6.24. The van der Waals surface area contributed by atoms with Crippen LogP contribution in [-0.4, -0.2) is 18.4 Å². The first kappa shape index (κ1) is 10.2. The number of rotatable bonds is 4. The summed E-state index contributed by atoms with van der Waals surface area (Å²) in [6, 6.07) is 6.47. The molecule has 0 unspecified atom stereocenters. The van der Waals surface area contributed by atoms with Crippen LogP contribution < -0.4 is 5.32 Å². The van der Waals surface area contributed by atoms with Crippen molar-refractivity contribution in [1.29, 1.82) is 0 Å². The largest absolute Gasteiger partial charge is 0.381 e. The fraction of sp³-hybridized carbons (Fsp3) is 0.455. The zero-order chi connectivity index (χ0) is 9.68. The van der Waals surface area contributed by atoms with E-state index in [1.807, 2.05) is 0 Å². The molecule has 2 N–H and O–H groups in total. The van der Waals surface area contributed by atoms with Crippen LogP contribution in [-0.2, 0) is 6.42 Å². The minimum absolute atomic E-state index is 0.0604. The van der Waals surface area contributed by atoms with Gasteiger partial charge in [-0.1, -0.05) is 23.8 Å². The number of hydrogen-bond acceptors (Lipinski definition) is 2. The Morgan fingerprint density at radius 1 is 1.31 bits per heavy atom. The molecule has 0 radical (unpaired) electrons. The van der Waals surface area contributed by atoms with Gasteiger partial charge >= 0.3 is 0 Å². The summed E-state index contributed by atoms with van der Waals surface area (Å²) in [7, 11) is 0. The third-order valence-electron chi connectivity index (χ3n) is 2.18. The number of nitrogens with one attached hydrogen (secondary N) is 1. The maximum atomic E-state index is 8.55. The van der Waals surface area contributed by atoms with E-state index < -0.39 is 0 Å². The van der Waals surface area contributed by atoms with Crippen LogP contribution >= 0.6 is 0 Å². The maximum Gasteiger partial charge on any atom is 0.0931 e. The molecule has 0 spiro atoms. The van der Waals surface area contributed by atoms with Gasteiger partial charge in [-0.3, -0.25) is 5.32 Å². The van der Waals surface area contributed by atoms with Crippen LogP contribution in [0.5, 0.6) is 0 Å². The van der Waals surface area contributed by atoms with Gasteiger partial charge in [0.2, 0.25) is 0 Å². The predicted molar refractivity (Wildman–Crippen MR) is 54.7 cm³/mol. The van der Waals surface area contributed by atoms with E-state index in [-0.39, 0.29) is 6.73 Å². The van der Waals surface area contributed by atoms with Crippen molar-refractivity contribution in [3.63, 3.8) is 0 Å². The zero-order valence-electron chi connectivity index (χ0n) is 8.30. The third-order valence-corrected chi connectivity index (χ3v) is 2.18. The van der Waals surface area contributed by atoms with E-state index in [0.717, 1.165) is 13.0 Å². The lowest BCUT2D eigenvalue weighted by Crippen LogP contribution is -2.18. The molecule has 0 aliphatic carbocycles. The highest BCUT2D eigenvalue weighted by molar-refractivity contribution is 5.30.